The van der Waals surface area contributed by atoms with E-state index in [1.165, 1.54) is 24.4 Å². The topological polar surface area (TPSA) is 130 Å². The maximum Gasteiger partial charge on any atom is 0.323 e. The highest BCUT2D eigenvalue weighted by Crippen LogP contribution is 2.59. The Kier molecular flexibility index (Phi) is 8.84. The van der Waals surface area contributed by atoms with Crippen molar-refractivity contribution in [1.29, 1.82) is 0 Å². The van der Waals surface area contributed by atoms with Gasteiger partial charge in [0, 0.05) is 12.9 Å². The van der Waals surface area contributed by atoms with Crippen molar-refractivity contribution < 1.29 is 38.1 Å². The Morgan fingerprint density at radius 1 is 1.26 bits per heavy atom. The van der Waals surface area contributed by atoms with Crippen LogP contribution in [0.15, 0.2) is 11.6 Å². The number of thioether (sulfide) groups is 1. The van der Waals surface area contributed by atoms with Crippen LogP contribution in [0.25, 0.3) is 0 Å². The lowest BCUT2D eigenvalue weighted by molar-refractivity contribution is -0.172. The molecule has 2 heterocycles. The predicted octanol–water partition coefficient (Wildman–Crippen LogP) is 1.80. The summed E-state index contributed by atoms with van der Waals surface area (Å²) in [7, 11) is 2.87. The standard InChI is InChI=1S/C24H37NO8S/c1-14(2)6-7-18-23(3,33-18)21-20(29-4)17(8-9-24(21)13-31-24)32-19(27)10-15(26)11-34-12-16(25)22(28)30-5/h6,16-18,20-21H,7-13,25H2,1-5H3/t16-,17+,18+,20+,21+,23+,24-/m0/s1. The maximum absolute atomic E-state index is 12.5. The Bertz CT molecular complexity index is 809. The van der Waals surface area contributed by atoms with Gasteiger partial charge in [-0.2, -0.15) is 11.8 Å². The number of allylic oxidation sites excluding steroid dienone is 1. The molecule has 0 radical (unpaired) electrons. The minimum absolute atomic E-state index is 0.0652. The third-order valence-electron chi connectivity index (χ3n) is 6.93. The monoisotopic (exact) mass is 499 g/mol. The van der Waals surface area contributed by atoms with Gasteiger partial charge in [-0.1, -0.05) is 11.6 Å². The summed E-state index contributed by atoms with van der Waals surface area (Å²) in [5.74, 6) is -1.17. The van der Waals surface area contributed by atoms with Crippen LogP contribution >= 0.6 is 11.8 Å². The first-order valence-corrected chi connectivity index (χ1v) is 12.8. The minimum atomic E-state index is -0.806. The van der Waals surface area contributed by atoms with Crippen molar-refractivity contribution in [3.8, 4) is 0 Å². The van der Waals surface area contributed by atoms with Crippen molar-refractivity contribution in [2.24, 2.45) is 11.7 Å². The number of epoxide rings is 2. The van der Waals surface area contributed by atoms with Crippen LogP contribution < -0.4 is 5.73 Å². The summed E-state index contributed by atoms with van der Waals surface area (Å²) in [5.41, 5.74) is 6.18. The van der Waals surface area contributed by atoms with Crippen LogP contribution in [0.3, 0.4) is 0 Å². The zero-order chi connectivity index (χ0) is 25.1. The quantitative estimate of drug-likeness (QED) is 0.184. The average Bonchev–Trinajstić information content (AvgIpc) is 3.69. The first-order valence-electron chi connectivity index (χ1n) is 11.7. The van der Waals surface area contributed by atoms with E-state index in [1.54, 1.807) is 7.11 Å². The van der Waals surface area contributed by atoms with Crippen LogP contribution in [-0.4, -0.2) is 85.6 Å². The van der Waals surface area contributed by atoms with Crippen LogP contribution in [0.1, 0.15) is 46.5 Å². The van der Waals surface area contributed by atoms with Gasteiger partial charge in [-0.25, -0.2) is 0 Å². The van der Waals surface area contributed by atoms with Gasteiger partial charge in [-0.3, -0.25) is 14.4 Å². The van der Waals surface area contributed by atoms with E-state index in [4.69, 9.17) is 24.7 Å². The molecule has 2 aliphatic heterocycles. The molecule has 0 aromatic carbocycles. The summed E-state index contributed by atoms with van der Waals surface area (Å²) in [5, 5.41) is 0. The summed E-state index contributed by atoms with van der Waals surface area (Å²) in [4.78, 5) is 36.1. The van der Waals surface area contributed by atoms with Gasteiger partial charge in [-0.05, 0) is 40.0 Å². The van der Waals surface area contributed by atoms with E-state index in [-0.39, 0.29) is 47.4 Å². The molecule has 3 rings (SSSR count). The summed E-state index contributed by atoms with van der Waals surface area (Å²) >= 11 is 1.19. The van der Waals surface area contributed by atoms with Gasteiger partial charge < -0.3 is 29.4 Å². The number of hydrogen-bond acceptors (Lipinski definition) is 10. The Balaban J connectivity index is 1.54. The smallest absolute Gasteiger partial charge is 0.323 e. The van der Waals surface area contributed by atoms with Crippen molar-refractivity contribution in [3.63, 3.8) is 0 Å². The number of ether oxygens (including phenoxy) is 5. The van der Waals surface area contributed by atoms with Crippen LogP contribution in [-0.2, 0) is 38.1 Å². The fourth-order valence-corrected chi connectivity index (χ4v) is 5.85. The van der Waals surface area contributed by atoms with E-state index in [9.17, 15) is 14.4 Å². The lowest BCUT2D eigenvalue weighted by Crippen LogP contribution is -2.55. The second kappa shape index (κ2) is 11.1. The Morgan fingerprint density at radius 3 is 2.56 bits per heavy atom. The number of Topliss-reactive ketones (excluding diaryl/α,β-unsaturated/α-hetero) is 1. The Labute approximate surface area is 205 Å². The predicted molar refractivity (Wildman–Crippen MR) is 126 cm³/mol. The zero-order valence-corrected chi connectivity index (χ0v) is 21.5. The second-order valence-electron chi connectivity index (χ2n) is 9.77. The van der Waals surface area contributed by atoms with Crippen LogP contribution in [0.2, 0.25) is 0 Å². The lowest BCUT2D eigenvalue weighted by atomic mass is 9.68. The van der Waals surface area contributed by atoms with Gasteiger partial charge in [0.05, 0.1) is 31.5 Å². The number of carbonyl (C=O) groups is 3. The van der Waals surface area contributed by atoms with Crippen LogP contribution in [0.4, 0.5) is 0 Å². The van der Waals surface area contributed by atoms with Crippen LogP contribution in [0, 0.1) is 5.92 Å². The Hall–Kier alpha value is -1.46. The van der Waals surface area contributed by atoms with Crippen molar-refractivity contribution in [2.75, 3.05) is 32.3 Å². The molecule has 0 unspecified atom stereocenters. The lowest BCUT2D eigenvalue weighted by Gasteiger charge is -2.42. The fourth-order valence-electron chi connectivity index (χ4n) is 5.01. The van der Waals surface area contributed by atoms with E-state index < -0.39 is 29.7 Å². The SMILES string of the molecule is COC(=O)[C@@H](N)CSCC(=O)CC(=O)O[C@@H]1CC[C@]2(CO2)[C@@H]([C@]2(C)O[C@@H]2CC=C(C)C)[C@@H]1OC. The Morgan fingerprint density at radius 2 is 1.97 bits per heavy atom. The molecule has 1 spiro atoms. The van der Waals surface area contributed by atoms with E-state index in [2.05, 4.69) is 31.6 Å². The van der Waals surface area contributed by atoms with Crippen molar-refractivity contribution >= 4 is 29.5 Å². The maximum atomic E-state index is 12.5. The average molecular weight is 500 g/mol. The number of methoxy groups -OCH3 is 2. The fraction of sp³-hybridized carbons (Fsp3) is 0.792. The van der Waals surface area contributed by atoms with Crippen molar-refractivity contribution in [1.82, 2.24) is 0 Å². The number of esters is 2. The first kappa shape index (κ1) is 27.1. The van der Waals surface area contributed by atoms with Crippen molar-refractivity contribution in [3.05, 3.63) is 11.6 Å². The molecule has 0 bridgehead atoms. The molecule has 1 saturated carbocycles. The van der Waals surface area contributed by atoms with E-state index in [0.717, 1.165) is 12.8 Å². The molecular formula is C24H37NO8S. The first-order chi connectivity index (χ1) is 16.1. The van der Waals surface area contributed by atoms with Gasteiger partial charge in [0.25, 0.3) is 0 Å². The van der Waals surface area contributed by atoms with E-state index in [1.807, 2.05) is 0 Å². The van der Waals surface area contributed by atoms with Crippen molar-refractivity contribution in [2.45, 2.75) is 82.0 Å². The van der Waals surface area contributed by atoms with Gasteiger partial charge in [0.15, 0.2) is 5.78 Å². The molecule has 192 valence electrons. The molecule has 34 heavy (non-hydrogen) atoms. The molecule has 0 aromatic heterocycles. The number of rotatable bonds is 12. The van der Waals surface area contributed by atoms with Crippen LogP contribution in [0.5, 0.6) is 0 Å². The molecule has 10 heteroatoms. The highest BCUT2D eigenvalue weighted by molar-refractivity contribution is 8.00. The summed E-state index contributed by atoms with van der Waals surface area (Å²) in [6.45, 7) is 6.86. The molecule has 0 aromatic rings. The zero-order valence-electron chi connectivity index (χ0n) is 20.7. The largest absolute Gasteiger partial charge is 0.468 e. The highest BCUT2D eigenvalue weighted by atomic mass is 32.2. The highest BCUT2D eigenvalue weighted by Gasteiger charge is 2.72. The summed E-state index contributed by atoms with van der Waals surface area (Å²) in [6, 6.07) is -0.806. The number of nitrogens with two attached hydrogens (primary N) is 1. The molecular weight excluding hydrogens is 462 g/mol. The molecule has 9 nitrogen and oxygen atoms in total. The molecule has 0 amide bonds. The minimum Gasteiger partial charge on any atom is -0.468 e. The molecule has 7 atom stereocenters. The van der Waals surface area contributed by atoms with Gasteiger partial charge >= 0.3 is 11.9 Å². The second-order valence-corrected chi connectivity index (χ2v) is 10.8. The molecule has 2 N–H and O–H groups in total. The van der Waals surface area contributed by atoms with Gasteiger partial charge in [0.2, 0.25) is 0 Å². The number of hydrogen-bond donors (Lipinski definition) is 1. The molecule has 3 fully saturated rings. The normalized spacial score (nSPS) is 34.8. The van der Waals surface area contributed by atoms with E-state index >= 15 is 0 Å². The number of ketones is 1. The number of carbonyl (C=O) groups excluding carboxylic acids is 3. The molecule has 2 saturated heterocycles. The van der Waals surface area contributed by atoms with E-state index in [0.29, 0.717) is 13.0 Å². The summed E-state index contributed by atoms with van der Waals surface area (Å²) in [6.07, 6.45) is 3.20. The molecule has 3 aliphatic rings. The summed E-state index contributed by atoms with van der Waals surface area (Å²) < 4.78 is 28.2. The third kappa shape index (κ3) is 6.20. The van der Waals surface area contributed by atoms with Gasteiger partial charge in [-0.15, -0.1) is 0 Å². The third-order valence-corrected chi connectivity index (χ3v) is 8.05. The molecule has 1 aliphatic carbocycles. The van der Waals surface area contributed by atoms with Gasteiger partial charge in [0.1, 0.15) is 35.9 Å².